The summed E-state index contributed by atoms with van der Waals surface area (Å²) in [5, 5.41) is 11.5. The first-order valence-electron chi connectivity index (χ1n) is 10.3. The number of hydrogen-bond donors (Lipinski definition) is 4. The lowest BCUT2D eigenvalue weighted by Gasteiger charge is -2.14. The van der Waals surface area contributed by atoms with Gasteiger partial charge in [-0.2, -0.15) is 0 Å². The Morgan fingerprint density at radius 3 is 2.16 bits per heavy atom. The molecular formula is C25H26N4O3. The molecule has 0 heterocycles. The van der Waals surface area contributed by atoms with E-state index < -0.39 is 0 Å². The van der Waals surface area contributed by atoms with Crippen LogP contribution in [0.25, 0.3) is 0 Å². The predicted octanol–water partition coefficient (Wildman–Crippen LogP) is 4.19. The Kier molecular flexibility index (Phi) is 7.59. The van der Waals surface area contributed by atoms with Gasteiger partial charge in [-0.15, -0.1) is 0 Å². The Balaban J connectivity index is 1.50. The van der Waals surface area contributed by atoms with Gasteiger partial charge in [0.2, 0.25) is 11.8 Å². The van der Waals surface area contributed by atoms with Crippen LogP contribution in [0.1, 0.15) is 35.8 Å². The maximum Gasteiger partial charge on any atom is 0.251 e. The molecule has 1 atom stereocenters. The van der Waals surface area contributed by atoms with E-state index in [0.29, 0.717) is 22.6 Å². The number of nitrogens with one attached hydrogen (secondary N) is 4. The summed E-state index contributed by atoms with van der Waals surface area (Å²) in [7, 11) is 0. The second-order valence-corrected chi connectivity index (χ2v) is 7.35. The lowest BCUT2D eigenvalue weighted by molar-refractivity contribution is -0.115. The number of anilines is 3. The maximum atomic E-state index is 12.5. The van der Waals surface area contributed by atoms with Crippen LogP contribution in [0.4, 0.5) is 17.1 Å². The highest BCUT2D eigenvalue weighted by atomic mass is 16.2. The van der Waals surface area contributed by atoms with Crippen LogP contribution in [0, 0.1) is 0 Å². The van der Waals surface area contributed by atoms with Crippen LogP contribution in [-0.2, 0) is 9.59 Å². The lowest BCUT2D eigenvalue weighted by Crippen LogP contribution is -2.26. The van der Waals surface area contributed by atoms with Crippen LogP contribution in [0.2, 0.25) is 0 Å². The van der Waals surface area contributed by atoms with E-state index in [2.05, 4.69) is 21.3 Å². The molecule has 7 heteroatoms. The Bertz CT molecular complexity index is 1080. The highest BCUT2D eigenvalue weighted by Crippen LogP contribution is 2.16. The summed E-state index contributed by atoms with van der Waals surface area (Å²) >= 11 is 0. The zero-order valence-electron chi connectivity index (χ0n) is 18.0. The first kappa shape index (κ1) is 22.6. The van der Waals surface area contributed by atoms with Gasteiger partial charge in [0, 0.05) is 29.5 Å². The van der Waals surface area contributed by atoms with E-state index in [-0.39, 0.29) is 30.3 Å². The molecule has 32 heavy (non-hydrogen) atoms. The van der Waals surface area contributed by atoms with Crippen molar-refractivity contribution in [2.45, 2.75) is 19.9 Å². The van der Waals surface area contributed by atoms with Crippen molar-refractivity contribution in [3.05, 3.63) is 90.0 Å². The minimum absolute atomic E-state index is 0.0559. The Labute approximate surface area is 187 Å². The quantitative estimate of drug-likeness (QED) is 0.431. The van der Waals surface area contributed by atoms with Crippen LogP contribution in [0.15, 0.2) is 78.9 Å². The van der Waals surface area contributed by atoms with Gasteiger partial charge in [-0.25, -0.2) is 0 Å². The molecule has 3 aromatic rings. The first-order valence-corrected chi connectivity index (χ1v) is 10.3. The summed E-state index contributed by atoms with van der Waals surface area (Å²) in [6, 6.07) is 23.5. The van der Waals surface area contributed by atoms with Crippen molar-refractivity contribution in [3.63, 3.8) is 0 Å². The molecular weight excluding hydrogens is 404 g/mol. The molecule has 164 valence electrons. The number of benzene rings is 3. The number of rotatable bonds is 8. The molecule has 0 bridgehead atoms. The molecule has 0 aliphatic carbocycles. The third-order valence-corrected chi connectivity index (χ3v) is 4.71. The average molecular weight is 431 g/mol. The number of carbonyl (C=O) groups is 3. The van der Waals surface area contributed by atoms with Crippen molar-refractivity contribution >= 4 is 34.8 Å². The summed E-state index contributed by atoms with van der Waals surface area (Å²) in [5.74, 6) is -0.573. The predicted molar refractivity (Wildman–Crippen MR) is 127 cm³/mol. The van der Waals surface area contributed by atoms with E-state index in [1.807, 2.05) is 43.3 Å². The SMILES string of the molecule is CC(=O)Nc1cccc(NCC(=O)Nc2ccc(C(=O)NC(C)c3ccccc3)cc2)c1. The van der Waals surface area contributed by atoms with Crippen LogP contribution >= 0.6 is 0 Å². The van der Waals surface area contributed by atoms with Crippen LogP contribution in [0.3, 0.4) is 0 Å². The van der Waals surface area contributed by atoms with Gasteiger partial charge in [-0.05, 0) is 55.0 Å². The summed E-state index contributed by atoms with van der Waals surface area (Å²) in [6.07, 6.45) is 0. The molecule has 0 saturated heterocycles. The molecule has 4 N–H and O–H groups in total. The second-order valence-electron chi connectivity index (χ2n) is 7.35. The molecule has 0 spiro atoms. The van der Waals surface area contributed by atoms with Crippen molar-refractivity contribution < 1.29 is 14.4 Å². The summed E-state index contributed by atoms with van der Waals surface area (Å²) in [5.41, 5.74) is 3.50. The molecule has 3 amide bonds. The fraction of sp³-hybridized carbons (Fsp3) is 0.160. The maximum absolute atomic E-state index is 12.5. The molecule has 0 aliphatic rings. The minimum atomic E-state index is -0.232. The standard InChI is InChI=1S/C25H26N4O3/c1-17(19-7-4-3-5-8-19)27-25(32)20-11-13-21(14-12-20)29-24(31)16-26-22-9-6-10-23(15-22)28-18(2)30/h3-15,17,26H,16H2,1-2H3,(H,27,32)(H,28,30)(H,29,31). The summed E-state index contributed by atoms with van der Waals surface area (Å²) < 4.78 is 0. The fourth-order valence-corrected chi connectivity index (χ4v) is 3.11. The van der Waals surface area contributed by atoms with Crippen molar-refractivity contribution in [2.75, 3.05) is 22.5 Å². The number of amides is 3. The monoisotopic (exact) mass is 430 g/mol. The zero-order chi connectivity index (χ0) is 22.9. The number of hydrogen-bond acceptors (Lipinski definition) is 4. The van der Waals surface area contributed by atoms with Gasteiger partial charge in [-0.1, -0.05) is 36.4 Å². The van der Waals surface area contributed by atoms with Gasteiger partial charge in [0.25, 0.3) is 5.91 Å². The van der Waals surface area contributed by atoms with E-state index in [9.17, 15) is 14.4 Å². The largest absolute Gasteiger partial charge is 0.376 e. The number of carbonyl (C=O) groups excluding carboxylic acids is 3. The Morgan fingerprint density at radius 1 is 0.781 bits per heavy atom. The van der Waals surface area contributed by atoms with E-state index in [1.165, 1.54) is 6.92 Å². The molecule has 0 fully saturated rings. The van der Waals surface area contributed by atoms with Crippen LogP contribution in [0.5, 0.6) is 0 Å². The van der Waals surface area contributed by atoms with Gasteiger partial charge in [0.15, 0.2) is 0 Å². The van der Waals surface area contributed by atoms with Crippen molar-refractivity contribution in [2.24, 2.45) is 0 Å². The van der Waals surface area contributed by atoms with Gasteiger partial charge < -0.3 is 21.3 Å². The highest BCUT2D eigenvalue weighted by Gasteiger charge is 2.11. The first-order chi connectivity index (χ1) is 15.4. The van der Waals surface area contributed by atoms with Crippen LogP contribution in [-0.4, -0.2) is 24.3 Å². The normalized spacial score (nSPS) is 11.2. The molecule has 1 unspecified atom stereocenters. The Hall–Kier alpha value is -4.13. The molecule has 0 aliphatic heterocycles. The van der Waals surface area contributed by atoms with E-state index in [1.54, 1.807) is 42.5 Å². The van der Waals surface area contributed by atoms with Crippen LogP contribution < -0.4 is 21.3 Å². The molecule has 0 radical (unpaired) electrons. The minimum Gasteiger partial charge on any atom is -0.376 e. The van der Waals surface area contributed by atoms with Crippen molar-refractivity contribution in [3.8, 4) is 0 Å². The van der Waals surface area contributed by atoms with Gasteiger partial charge in [0.05, 0.1) is 12.6 Å². The molecule has 0 aromatic heterocycles. The fourth-order valence-electron chi connectivity index (χ4n) is 3.11. The topological polar surface area (TPSA) is 99.3 Å². The van der Waals surface area contributed by atoms with E-state index in [0.717, 1.165) is 5.56 Å². The van der Waals surface area contributed by atoms with Gasteiger partial charge in [-0.3, -0.25) is 14.4 Å². The molecule has 3 aromatic carbocycles. The third-order valence-electron chi connectivity index (χ3n) is 4.71. The molecule has 0 saturated carbocycles. The average Bonchev–Trinajstić information content (AvgIpc) is 2.78. The van der Waals surface area contributed by atoms with Gasteiger partial charge in [0.1, 0.15) is 0 Å². The van der Waals surface area contributed by atoms with Crippen molar-refractivity contribution in [1.82, 2.24) is 5.32 Å². The lowest BCUT2D eigenvalue weighted by atomic mass is 10.1. The van der Waals surface area contributed by atoms with Gasteiger partial charge >= 0.3 is 0 Å². The summed E-state index contributed by atoms with van der Waals surface area (Å²) in [4.78, 5) is 35.9. The van der Waals surface area contributed by atoms with Crippen molar-refractivity contribution in [1.29, 1.82) is 0 Å². The molecule has 7 nitrogen and oxygen atoms in total. The smallest absolute Gasteiger partial charge is 0.251 e. The summed E-state index contributed by atoms with van der Waals surface area (Å²) in [6.45, 7) is 3.42. The zero-order valence-corrected chi connectivity index (χ0v) is 18.0. The highest BCUT2D eigenvalue weighted by molar-refractivity contribution is 5.97. The van der Waals surface area contributed by atoms with E-state index in [4.69, 9.17) is 0 Å². The molecule has 3 rings (SSSR count). The van der Waals surface area contributed by atoms with E-state index >= 15 is 0 Å². The second kappa shape index (κ2) is 10.8. The third kappa shape index (κ3) is 6.70. The Morgan fingerprint density at radius 2 is 1.47 bits per heavy atom.